The molecule has 0 spiro atoms. The largest absolute Gasteiger partial charge is 0.456 e. The maximum atomic E-state index is 6.70. The van der Waals surface area contributed by atoms with E-state index in [0.717, 1.165) is 94.8 Å². The summed E-state index contributed by atoms with van der Waals surface area (Å²) in [7, 11) is 0. The molecule has 0 fully saturated rings. The number of aryl methyl sites for hydroxylation is 1. The molecule has 0 saturated carbocycles. The topological polar surface area (TPSA) is 36.0 Å². The maximum absolute atomic E-state index is 6.70. The molecule has 2 aliphatic heterocycles. The van der Waals surface area contributed by atoms with E-state index in [1.165, 1.54) is 50.0 Å². The fourth-order valence-corrected chi connectivity index (χ4v) is 12.6. The number of fused-ring (bicyclic) bond motifs is 10. The normalized spacial score (nSPS) is 13.4. The Balaban J connectivity index is 0.997. The molecule has 6 heteroatoms. The quantitative estimate of drug-likeness (QED) is 0.155. The third kappa shape index (κ3) is 7.97. The lowest BCUT2D eigenvalue weighted by Gasteiger charge is -2.45. The molecule has 0 radical (unpaired) electrons. The lowest BCUT2D eigenvalue weighted by Crippen LogP contribution is -2.61. The number of para-hydroxylation sites is 3. The minimum Gasteiger partial charge on any atom is -0.456 e. The first-order valence-corrected chi connectivity index (χ1v) is 27.9. The van der Waals surface area contributed by atoms with Crippen LogP contribution in [0.15, 0.2) is 215 Å². The lowest BCUT2D eigenvalue weighted by molar-refractivity contribution is 0.590. The van der Waals surface area contributed by atoms with Gasteiger partial charge in [0.05, 0.1) is 0 Å². The van der Waals surface area contributed by atoms with Gasteiger partial charge in [0.1, 0.15) is 22.3 Å². The second-order valence-corrected chi connectivity index (χ2v) is 25.1. The van der Waals surface area contributed by atoms with Gasteiger partial charge in [-0.3, -0.25) is 0 Å². The van der Waals surface area contributed by atoms with Crippen LogP contribution in [0.25, 0.3) is 55.0 Å². The van der Waals surface area contributed by atoms with Crippen molar-refractivity contribution in [2.75, 3.05) is 14.7 Å². The summed E-state index contributed by atoms with van der Waals surface area (Å²) in [6, 6.07) is 76.7. The molecular weight excluding hydrogens is 962 g/mol. The summed E-state index contributed by atoms with van der Waals surface area (Å²) < 4.78 is 13.3. The van der Waals surface area contributed by atoms with Crippen LogP contribution >= 0.6 is 0 Å². The van der Waals surface area contributed by atoms with Crippen molar-refractivity contribution < 1.29 is 8.83 Å². The predicted molar refractivity (Wildman–Crippen MR) is 336 cm³/mol. The van der Waals surface area contributed by atoms with Gasteiger partial charge in [-0.25, -0.2) is 0 Å². The lowest BCUT2D eigenvalue weighted by atomic mass is 9.33. The Morgan fingerprint density at radius 1 is 0.380 bits per heavy atom. The van der Waals surface area contributed by atoms with Crippen LogP contribution in [0.5, 0.6) is 0 Å². The summed E-state index contributed by atoms with van der Waals surface area (Å²) in [5.41, 5.74) is 24.7. The van der Waals surface area contributed by atoms with Crippen LogP contribution in [-0.2, 0) is 16.2 Å². The standard InChI is InChI=1S/C73H64BN3O2/c1-45-40-64-69-65(41-45)77(54-35-37-58-56-16-11-13-20-66(56)78-68(58)44-54)63-43-53(75(50-31-24-47(25-32-50)71(2,3)4)51-33-26-48(27-34-51)72(5,6)7)36-38-60(63)74(69)61-42-49(73(8,9)10)28-39-62(61)76(64)52-29-22-46(23-30-52)55-18-15-19-59-57-17-12-14-21-67(57)79-70(55)59/h11-44H,1-10H3. The summed E-state index contributed by atoms with van der Waals surface area (Å²) in [6.45, 7) is 22.8. The minimum absolute atomic E-state index is 0.0168. The Morgan fingerprint density at radius 3 is 1.54 bits per heavy atom. The van der Waals surface area contributed by atoms with E-state index in [0.29, 0.717) is 0 Å². The van der Waals surface area contributed by atoms with E-state index < -0.39 is 0 Å². The zero-order valence-electron chi connectivity index (χ0n) is 46.9. The van der Waals surface area contributed by atoms with Gasteiger partial charge >= 0.3 is 0 Å². The Hall–Kier alpha value is -8.74. The van der Waals surface area contributed by atoms with Crippen molar-refractivity contribution >= 4 is 118 Å². The second kappa shape index (κ2) is 17.6. The number of hydrogen-bond donors (Lipinski definition) is 0. The van der Waals surface area contributed by atoms with Gasteiger partial charge in [-0.05, 0) is 158 Å². The third-order valence-corrected chi connectivity index (χ3v) is 16.8. The monoisotopic (exact) mass is 1030 g/mol. The van der Waals surface area contributed by atoms with Crippen molar-refractivity contribution in [1.29, 1.82) is 0 Å². The highest BCUT2D eigenvalue weighted by Crippen LogP contribution is 2.49. The number of furan rings is 2. The zero-order valence-corrected chi connectivity index (χ0v) is 46.9. The molecule has 0 unspecified atom stereocenters. The smallest absolute Gasteiger partial charge is 0.252 e. The summed E-state index contributed by atoms with van der Waals surface area (Å²) in [5, 5.41) is 4.48. The molecule has 10 aromatic carbocycles. The summed E-state index contributed by atoms with van der Waals surface area (Å²) >= 11 is 0. The van der Waals surface area contributed by atoms with E-state index in [4.69, 9.17) is 8.83 Å². The highest BCUT2D eigenvalue weighted by atomic mass is 16.3. The van der Waals surface area contributed by atoms with Gasteiger partial charge in [0.15, 0.2) is 0 Å². The van der Waals surface area contributed by atoms with E-state index in [1.807, 2.05) is 6.07 Å². The number of hydrogen-bond acceptors (Lipinski definition) is 5. The Bertz CT molecular complexity index is 4330. The molecule has 4 heterocycles. The van der Waals surface area contributed by atoms with Crippen LogP contribution in [0.4, 0.5) is 51.2 Å². The Morgan fingerprint density at radius 2 is 0.911 bits per heavy atom. The SMILES string of the molecule is Cc1cc2c3c(c1)N(c1ccc4c(c1)oc1ccccc14)c1cc(N(c4ccc(C(C)(C)C)cc4)c4ccc(C(C)(C)C)cc4)ccc1B3c1cc(C(C)(C)C)ccc1N2c1ccc(-c2cccc3c2oc2ccccc23)cc1. The molecule has 0 saturated heterocycles. The van der Waals surface area contributed by atoms with E-state index in [2.05, 4.69) is 284 Å². The molecule has 5 nitrogen and oxygen atoms in total. The van der Waals surface area contributed by atoms with Gasteiger partial charge in [0, 0.05) is 84.4 Å². The minimum atomic E-state index is -0.0868. The molecule has 0 aliphatic carbocycles. The molecule has 79 heavy (non-hydrogen) atoms. The Kier molecular flexibility index (Phi) is 10.9. The molecule has 0 amide bonds. The van der Waals surface area contributed by atoms with Gasteiger partial charge in [0.2, 0.25) is 0 Å². The average Bonchev–Trinajstić information content (AvgIpc) is 4.19. The zero-order chi connectivity index (χ0) is 54.3. The molecule has 2 aromatic heterocycles. The van der Waals surface area contributed by atoms with Gasteiger partial charge in [-0.1, -0.05) is 172 Å². The van der Waals surface area contributed by atoms with Crippen LogP contribution < -0.4 is 31.1 Å². The summed E-state index contributed by atoms with van der Waals surface area (Å²) in [4.78, 5) is 7.47. The van der Waals surface area contributed by atoms with Crippen molar-refractivity contribution in [3.63, 3.8) is 0 Å². The van der Waals surface area contributed by atoms with Gasteiger partial charge in [-0.2, -0.15) is 0 Å². The summed E-state index contributed by atoms with van der Waals surface area (Å²) in [5.74, 6) is 0. The molecule has 12 aromatic rings. The van der Waals surface area contributed by atoms with Crippen molar-refractivity contribution in [1.82, 2.24) is 0 Å². The second-order valence-electron chi connectivity index (χ2n) is 25.1. The predicted octanol–water partition coefficient (Wildman–Crippen LogP) is 18.9. The van der Waals surface area contributed by atoms with Crippen LogP contribution in [0.1, 0.15) is 84.6 Å². The summed E-state index contributed by atoms with van der Waals surface area (Å²) in [6.07, 6.45) is 0. The van der Waals surface area contributed by atoms with Gasteiger partial charge in [0.25, 0.3) is 6.71 Å². The van der Waals surface area contributed by atoms with E-state index in [1.54, 1.807) is 0 Å². The number of nitrogens with zero attached hydrogens (tertiary/aromatic N) is 3. The van der Waals surface area contributed by atoms with E-state index >= 15 is 0 Å². The molecular formula is C73H64BN3O2. The van der Waals surface area contributed by atoms with Crippen molar-refractivity contribution in [3.05, 3.63) is 229 Å². The highest BCUT2D eigenvalue weighted by molar-refractivity contribution is 7.00. The molecule has 14 rings (SSSR count). The van der Waals surface area contributed by atoms with Crippen LogP contribution in [0, 0.1) is 6.92 Å². The van der Waals surface area contributed by atoms with E-state index in [9.17, 15) is 0 Å². The molecule has 2 aliphatic rings. The highest BCUT2D eigenvalue weighted by Gasteiger charge is 2.44. The molecule has 386 valence electrons. The van der Waals surface area contributed by atoms with Gasteiger partial charge < -0.3 is 23.5 Å². The van der Waals surface area contributed by atoms with E-state index in [-0.39, 0.29) is 23.0 Å². The molecule has 0 atom stereocenters. The Labute approximate surface area is 464 Å². The van der Waals surface area contributed by atoms with Crippen molar-refractivity contribution in [2.45, 2.75) is 85.5 Å². The van der Waals surface area contributed by atoms with Crippen LogP contribution in [0.2, 0.25) is 0 Å². The first-order valence-electron chi connectivity index (χ1n) is 27.9. The molecule has 0 bridgehead atoms. The average molecular weight is 1030 g/mol. The van der Waals surface area contributed by atoms with Crippen LogP contribution in [0.3, 0.4) is 0 Å². The third-order valence-electron chi connectivity index (χ3n) is 16.8. The molecule has 0 N–H and O–H groups in total. The van der Waals surface area contributed by atoms with Gasteiger partial charge in [-0.15, -0.1) is 0 Å². The number of anilines is 9. The first kappa shape index (κ1) is 48.6. The fourth-order valence-electron chi connectivity index (χ4n) is 12.6. The van der Waals surface area contributed by atoms with Crippen molar-refractivity contribution in [3.8, 4) is 11.1 Å². The number of rotatable bonds is 6. The maximum Gasteiger partial charge on any atom is 0.252 e. The van der Waals surface area contributed by atoms with Crippen molar-refractivity contribution in [2.24, 2.45) is 0 Å². The van der Waals surface area contributed by atoms with Crippen LogP contribution in [-0.4, -0.2) is 6.71 Å². The number of benzene rings is 10. The first-order chi connectivity index (χ1) is 38.0. The fraction of sp³-hybridized carbons (Fsp3) is 0.178.